The molecule has 2 rings (SSSR count). The van der Waals surface area contributed by atoms with Crippen LogP contribution in [0.3, 0.4) is 0 Å². The zero-order valence-corrected chi connectivity index (χ0v) is 9.01. The van der Waals surface area contributed by atoms with E-state index in [9.17, 15) is 5.11 Å². The van der Waals surface area contributed by atoms with Gasteiger partial charge in [-0.1, -0.05) is 19.1 Å². The second kappa shape index (κ2) is 3.93. The summed E-state index contributed by atoms with van der Waals surface area (Å²) in [5.74, 6) is 1.08. The van der Waals surface area contributed by atoms with E-state index < -0.39 is 5.60 Å². The topological polar surface area (TPSA) is 29.5 Å². The van der Waals surface area contributed by atoms with Gasteiger partial charge < -0.3 is 9.84 Å². The predicted octanol–water partition coefficient (Wildman–Crippen LogP) is 2.02. The molecule has 1 aromatic rings. The molecule has 1 N–H and O–H groups in total. The van der Waals surface area contributed by atoms with Gasteiger partial charge in [0.15, 0.2) is 0 Å². The third kappa shape index (κ3) is 1.80. The summed E-state index contributed by atoms with van der Waals surface area (Å²) in [6.45, 7) is 2.98. The fourth-order valence-electron chi connectivity index (χ4n) is 1.49. The SMILES string of the molecule is CCSc1ccc(C2(O)COC2)cc1. The summed E-state index contributed by atoms with van der Waals surface area (Å²) in [6, 6.07) is 8.08. The van der Waals surface area contributed by atoms with Crippen LogP contribution in [0.25, 0.3) is 0 Å². The minimum Gasteiger partial charge on any atom is -0.380 e. The molecule has 0 bridgehead atoms. The Labute approximate surface area is 88.3 Å². The number of hydrogen-bond acceptors (Lipinski definition) is 3. The molecule has 0 unspecified atom stereocenters. The second-order valence-electron chi connectivity index (χ2n) is 3.48. The lowest BCUT2D eigenvalue weighted by Gasteiger charge is -2.36. The van der Waals surface area contributed by atoms with Crippen molar-refractivity contribution in [2.75, 3.05) is 19.0 Å². The minimum atomic E-state index is -0.727. The highest BCUT2D eigenvalue weighted by Gasteiger charge is 2.37. The number of rotatable bonds is 3. The molecule has 0 aromatic heterocycles. The van der Waals surface area contributed by atoms with E-state index in [1.165, 1.54) is 4.90 Å². The van der Waals surface area contributed by atoms with Crippen molar-refractivity contribution < 1.29 is 9.84 Å². The molecular formula is C11H14O2S. The smallest absolute Gasteiger partial charge is 0.136 e. The maximum atomic E-state index is 9.97. The Kier molecular flexibility index (Phi) is 2.81. The van der Waals surface area contributed by atoms with Gasteiger partial charge in [-0.05, 0) is 23.4 Å². The van der Waals surface area contributed by atoms with Gasteiger partial charge in [0, 0.05) is 4.90 Å². The van der Waals surface area contributed by atoms with Crippen molar-refractivity contribution in [3.63, 3.8) is 0 Å². The Bertz CT molecular complexity index is 304. The van der Waals surface area contributed by atoms with E-state index in [-0.39, 0.29) is 0 Å². The van der Waals surface area contributed by atoms with Crippen LogP contribution in [0.1, 0.15) is 12.5 Å². The predicted molar refractivity (Wildman–Crippen MR) is 57.6 cm³/mol. The monoisotopic (exact) mass is 210 g/mol. The lowest BCUT2D eigenvalue weighted by atomic mass is 9.92. The van der Waals surface area contributed by atoms with Crippen LogP contribution in [0.5, 0.6) is 0 Å². The van der Waals surface area contributed by atoms with Crippen LogP contribution in [0.2, 0.25) is 0 Å². The molecule has 2 nitrogen and oxygen atoms in total. The fraction of sp³-hybridized carbons (Fsp3) is 0.455. The molecule has 0 amide bonds. The van der Waals surface area contributed by atoms with Gasteiger partial charge in [-0.2, -0.15) is 0 Å². The highest BCUT2D eigenvalue weighted by molar-refractivity contribution is 7.99. The largest absolute Gasteiger partial charge is 0.380 e. The minimum absolute atomic E-state index is 0.424. The van der Waals surface area contributed by atoms with Crippen LogP contribution < -0.4 is 0 Å². The molecule has 0 radical (unpaired) electrons. The van der Waals surface area contributed by atoms with Crippen LogP contribution in [-0.2, 0) is 10.3 Å². The standard InChI is InChI=1S/C11H14O2S/c1-2-14-10-5-3-9(4-6-10)11(12)7-13-8-11/h3-6,12H,2,7-8H2,1H3. The second-order valence-corrected chi connectivity index (χ2v) is 4.82. The molecule has 1 heterocycles. The van der Waals surface area contributed by atoms with Gasteiger partial charge in [-0.25, -0.2) is 0 Å². The van der Waals surface area contributed by atoms with Crippen LogP contribution in [0, 0.1) is 0 Å². The number of hydrogen-bond donors (Lipinski definition) is 1. The molecule has 0 saturated carbocycles. The van der Waals surface area contributed by atoms with E-state index in [4.69, 9.17) is 4.74 Å². The lowest BCUT2D eigenvalue weighted by Crippen LogP contribution is -2.46. The first-order chi connectivity index (χ1) is 6.74. The molecule has 1 aromatic carbocycles. The fourth-order valence-corrected chi connectivity index (χ4v) is 2.15. The first kappa shape index (κ1) is 10.0. The third-order valence-corrected chi connectivity index (χ3v) is 3.28. The number of ether oxygens (including phenoxy) is 1. The van der Waals surface area contributed by atoms with Crippen molar-refractivity contribution in [3.8, 4) is 0 Å². The van der Waals surface area contributed by atoms with Crippen LogP contribution in [0.4, 0.5) is 0 Å². The van der Waals surface area contributed by atoms with Gasteiger partial charge in [0.2, 0.25) is 0 Å². The van der Waals surface area contributed by atoms with Crippen molar-refractivity contribution in [2.24, 2.45) is 0 Å². The van der Waals surface area contributed by atoms with Crippen molar-refractivity contribution in [3.05, 3.63) is 29.8 Å². The summed E-state index contributed by atoms with van der Waals surface area (Å²) in [5.41, 5.74) is 0.235. The summed E-state index contributed by atoms with van der Waals surface area (Å²) in [7, 11) is 0. The van der Waals surface area contributed by atoms with E-state index in [1.807, 2.05) is 23.9 Å². The van der Waals surface area contributed by atoms with Crippen molar-refractivity contribution in [1.82, 2.24) is 0 Å². The molecule has 1 fully saturated rings. The van der Waals surface area contributed by atoms with Crippen LogP contribution in [-0.4, -0.2) is 24.1 Å². The van der Waals surface area contributed by atoms with Gasteiger partial charge >= 0.3 is 0 Å². The summed E-state index contributed by atoms with van der Waals surface area (Å²) in [6.07, 6.45) is 0. The van der Waals surface area contributed by atoms with Crippen molar-refractivity contribution >= 4 is 11.8 Å². The molecule has 3 heteroatoms. The Balaban J connectivity index is 2.13. The van der Waals surface area contributed by atoms with E-state index in [1.54, 1.807) is 0 Å². The molecule has 0 aliphatic carbocycles. The summed E-state index contributed by atoms with van der Waals surface area (Å²) in [5, 5.41) is 9.97. The number of aliphatic hydroxyl groups is 1. The molecular weight excluding hydrogens is 196 g/mol. The van der Waals surface area contributed by atoms with E-state index >= 15 is 0 Å². The van der Waals surface area contributed by atoms with Gasteiger partial charge in [0.25, 0.3) is 0 Å². The maximum absolute atomic E-state index is 9.97. The summed E-state index contributed by atoms with van der Waals surface area (Å²) >= 11 is 1.81. The molecule has 0 atom stereocenters. The van der Waals surface area contributed by atoms with Crippen LogP contribution in [0.15, 0.2) is 29.2 Å². The zero-order valence-electron chi connectivity index (χ0n) is 8.19. The number of thioether (sulfide) groups is 1. The Hall–Kier alpha value is -0.510. The highest BCUT2D eigenvalue weighted by atomic mass is 32.2. The molecule has 0 spiro atoms. The average Bonchev–Trinajstić information content (AvgIpc) is 2.16. The first-order valence-corrected chi connectivity index (χ1v) is 5.76. The zero-order chi connectivity index (χ0) is 10.0. The lowest BCUT2D eigenvalue weighted by molar-refractivity contribution is -0.184. The maximum Gasteiger partial charge on any atom is 0.136 e. The third-order valence-electron chi connectivity index (χ3n) is 2.38. The highest BCUT2D eigenvalue weighted by Crippen LogP contribution is 2.30. The summed E-state index contributed by atoms with van der Waals surface area (Å²) < 4.78 is 5.01. The van der Waals surface area contributed by atoms with Gasteiger partial charge in [-0.3, -0.25) is 0 Å². The Morgan fingerprint density at radius 3 is 2.43 bits per heavy atom. The van der Waals surface area contributed by atoms with Crippen molar-refractivity contribution in [2.45, 2.75) is 17.4 Å². The first-order valence-electron chi connectivity index (χ1n) is 4.78. The molecule has 1 saturated heterocycles. The van der Waals surface area contributed by atoms with Gasteiger partial charge in [-0.15, -0.1) is 11.8 Å². The van der Waals surface area contributed by atoms with Crippen molar-refractivity contribution in [1.29, 1.82) is 0 Å². The Morgan fingerprint density at radius 2 is 2.00 bits per heavy atom. The molecule has 14 heavy (non-hydrogen) atoms. The Morgan fingerprint density at radius 1 is 1.36 bits per heavy atom. The molecule has 1 aliphatic rings. The molecule has 76 valence electrons. The van der Waals surface area contributed by atoms with E-state index in [2.05, 4.69) is 19.1 Å². The van der Waals surface area contributed by atoms with Crippen LogP contribution >= 0.6 is 11.8 Å². The summed E-state index contributed by atoms with van der Waals surface area (Å²) in [4.78, 5) is 1.25. The number of benzene rings is 1. The quantitative estimate of drug-likeness (QED) is 0.774. The van der Waals surface area contributed by atoms with Gasteiger partial charge in [0.05, 0.1) is 13.2 Å². The normalized spacial score (nSPS) is 19.0. The average molecular weight is 210 g/mol. The molecule has 1 aliphatic heterocycles. The van der Waals surface area contributed by atoms with E-state index in [0.717, 1.165) is 11.3 Å². The van der Waals surface area contributed by atoms with Gasteiger partial charge in [0.1, 0.15) is 5.60 Å². The van der Waals surface area contributed by atoms with E-state index in [0.29, 0.717) is 13.2 Å².